The minimum Gasteiger partial charge on any atom is -0.306 e. The van der Waals surface area contributed by atoms with Crippen molar-refractivity contribution >= 4 is 5.65 Å². The van der Waals surface area contributed by atoms with Gasteiger partial charge in [-0.2, -0.15) is 0 Å². The van der Waals surface area contributed by atoms with Crippen LogP contribution in [0.15, 0.2) is 55.1 Å². The largest absolute Gasteiger partial charge is 0.306 e. The molecule has 0 aliphatic heterocycles. The Morgan fingerprint density at radius 2 is 2.00 bits per heavy atom. The van der Waals surface area contributed by atoms with Crippen molar-refractivity contribution in [2.45, 2.75) is 6.92 Å². The Labute approximate surface area is 120 Å². The lowest BCUT2D eigenvalue weighted by atomic mass is 10.1. The van der Waals surface area contributed by atoms with Gasteiger partial charge in [0.1, 0.15) is 12.0 Å². The second-order valence-corrected chi connectivity index (χ2v) is 4.90. The first-order valence-corrected chi connectivity index (χ1v) is 6.59. The Kier molecular flexibility index (Phi) is 2.53. The van der Waals surface area contributed by atoms with Gasteiger partial charge in [-0.3, -0.25) is 0 Å². The molecule has 0 aliphatic rings. The van der Waals surface area contributed by atoms with Crippen LogP contribution in [0.25, 0.3) is 22.6 Å². The maximum atomic E-state index is 4.65. The van der Waals surface area contributed by atoms with Gasteiger partial charge in [-0.1, -0.05) is 18.2 Å². The van der Waals surface area contributed by atoms with Gasteiger partial charge in [0.05, 0.1) is 11.4 Å². The van der Waals surface area contributed by atoms with E-state index in [9.17, 15) is 0 Å². The van der Waals surface area contributed by atoms with E-state index in [0.29, 0.717) is 0 Å². The number of benzene rings is 1. The SMILES string of the molecule is Cc1ccc2nc(-c3cccc(-n4cnnn4)c3)cn2c1. The van der Waals surface area contributed by atoms with Gasteiger partial charge in [0, 0.05) is 18.0 Å². The van der Waals surface area contributed by atoms with Crippen LogP contribution in [0.5, 0.6) is 0 Å². The van der Waals surface area contributed by atoms with Gasteiger partial charge < -0.3 is 4.40 Å². The van der Waals surface area contributed by atoms with Crippen molar-refractivity contribution in [3.8, 4) is 16.9 Å². The molecule has 0 fully saturated rings. The van der Waals surface area contributed by atoms with E-state index in [-0.39, 0.29) is 0 Å². The summed E-state index contributed by atoms with van der Waals surface area (Å²) in [5.41, 5.74) is 5.00. The molecular weight excluding hydrogens is 264 g/mol. The van der Waals surface area contributed by atoms with Gasteiger partial charge in [-0.15, -0.1) is 5.10 Å². The van der Waals surface area contributed by atoms with Crippen molar-refractivity contribution in [2.24, 2.45) is 0 Å². The molecule has 0 saturated heterocycles. The number of imidazole rings is 1. The van der Waals surface area contributed by atoms with Gasteiger partial charge in [0.2, 0.25) is 0 Å². The number of hydrogen-bond acceptors (Lipinski definition) is 4. The number of aromatic nitrogens is 6. The molecule has 102 valence electrons. The number of nitrogens with zero attached hydrogens (tertiary/aromatic N) is 6. The number of hydrogen-bond donors (Lipinski definition) is 0. The average Bonchev–Trinajstić information content (AvgIpc) is 3.16. The van der Waals surface area contributed by atoms with Crippen molar-refractivity contribution in [2.75, 3.05) is 0 Å². The zero-order valence-electron chi connectivity index (χ0n) is 11.4. The first-order valence-electron chi connectivity index (χ1n) is 6.59. The zero-order chi connectivity index (χ0) is 14.2. The summed E-state index contributed by atoms with van der Waals surface area (Å²) in [7, 11) is 0. The fourth-order valence-corrected chi connectivity index (χ4v) is 2.33. The molecule has 6 heteroatoms. The Balaban J connectivity index is 1.83. The summed E-state index contributed by atoms with van der Waals surface area (Å²) in [6.45, 7) is 2.07. The van der Waals surface area contributed by atoms with Gasteiger partial charge in [-0.25, -0.2) is 9.67 Å². The molecule has 4 aromatic rings. The van der Waals surface area contributed by atoms with Crippen molar-refractivity contribution in [3.63, 3.8) is 0 Å². The van der Waals surface area contributed by atoms with E-state index in [0.717, 1.165) is 22.6 Å². The standard InChI is InChI=1S/C15H12N6/c1-11-5-6-15-17-14(9-20(15)8-11)12-3-2-4-13(7-12)21-10-16-18-19-21/h2-10H,1H3. The Morgan fingerprint density at radius 1 is 1.05 bits per heavy atom. The highest BCUT2D eigenvalue weighted by Gasteiger charge is 2.06. The van der Waals surface area contributed by atoms with Gasteiger partial charge in [-0.05, 0) is 41.1 Å². The van der Waals surface area contributed by atoms with E-state index in [1.165, 1.54) is 5.56 Å². The van der Waals surface area contributed by atoms with Crippen molar-refractivity contribution in [1.82, 2.24) is 29.6 Å². The molecule has 0 radical (unpaired) electrons. The summed E-state index contributed by atoms with van der Waals surface area (Å²) < 4.78 is 3.66. The summed E-state index contributed by atoms with van der Waals surface area (Å²) in [6, 6.07) is 12.1. The number of rotatable bonds is 2. The predicted molar refractivity (Wildman–Crippen MR) is 78.1 cm³/mol. The molecule has 6 nitrogen and oxygen atoms in total. The highest BCUT2D eigenvalue weighted by atomic mass is 15.5. The molecule has 0 atom stereocenters. The molecular formula is C15H12N6. The van der Waals surface area contributed by atoms with E-state index in [1.807, 2.05) is 40.9 Å². The quantitative estimate of drug-likeness (QED) is 0.563. The van der Waals surface area contributed by atoms with Crippen LogP contribution in [0.3, 0.4) is 0 Å². The number of aryl methyl sites for hydroxylation is 1. The van der Waals surface area contributed by atoms with Crippen LogP contribution in [-0.4, -0.2) is 29.6 Å². The normalized spacial score (nSPS) is 11.1. The first kappa shape index (κ1) is 11.8. The third-order valence-corrected chi connectivity index (χ3v) is 3.35. The summed E-state index contributed by atoms with van der Waals surface area (Å²) in [4.78, 5) is 4.65. The molecule has 0 bridgehead atoms. The lowest BCUT2D eigenvalue weighted by Crippen LogP contribution is -1.95. The molecule has 0 saturated carbocycles. The topological polar surface area (TPSA) is 60.9 Å². The molecule has 1 aromatic carbocycles. The number of tetrazole rings is 1. The second kappa shape index (κ2) is 4.52. The Morgan fingerprint density at radius 3 is 2.86 bits per heavy atom. The van der Waals surface area contributed by atoms with Gasteiger partial charge in [0.25, 0.3) is 0 Å². The average molecular weight is 276 g/mol. The van der Waals surface area contributed by atoms with Crippen LogP contribution in [0.2, 0.25) is 0 Å². The third kappa shape index (κ3) is 2.06. The van der Waals surface area contributed by atoms with Crippen molar-refractivity contribution in [1.29, 1.82) is 0 Å². The smallest absolute Gasteiger partial charge is 0.143 e. The number of fused-ring (bicyclic) bond motifs is 1. The first-order chi connectivity index (χ1) is 10.3. The van der Waals surface area contributed by atoms with Crippen LogP contribution < -0.4 is 0 Å². The number of pyridine rings is 1. The highest BCUT2D eigenvalue weighted by Crippen LogP contribution is 2.21. The van der Waals surface area contributed by atoms with Crippen LogP contribution in [0.1, 0.15) is 5.56 Å². The molecule has 0 amide bonds. The fraction of sp³-hybridized carbons (Fsp3) is 0.0667. The van der Waals surface area contributed by atoms with Gasteiger partial charge >= 0.3 is 0 Å². The van der Waals surface area contributed by atoms with E-state index < -0.39 is 0 Å². The highest BCUT2D eigenvalue weighted by molar-refractivity contribution is 5.65. The molecule has 3 aromatic heterocycles. The van der Waals surface area contributed by atoms with E-state index in [2.05, 4.69) is 39.7 Å². The van der Waals surface area contributed by atoms with Crippen molar-refractivity contribution < 1.29 is 0 Å². The Hall–Kier alpha value is -3.02. The van der Waals surface area contributed by atoms with Crippen molar-refractivity contribution in [3.05, 3.63) is 60.7 Å². The molecule has 3 heterocycles. The minimum absolute atomic E-state index is 0.908. The minimum atomic E-state index is 0.908. The Bertz CT molecular complexity index is 907. The molecule has 4 rings (SSSR count). The van der Waals surface area contributed by atoms with Crippen LogP contribution >= 0.6 is 0 Å². The fourth-order valence-electron chi connectivity index (χ4n) is 2.33. The molecule has 0 spiro atoms. The summed E-state index contributed by atoms with van der Waals surface area (Å²) >= 11 is 0. The summed E-state index contributed by atoms with van der Waals surface area (Å²) in [5, 5.41) is 11.2. The maximum Gasteiger partial charge on any atom is 0.143 e. The van der Waals surface area contributed by atoms with Gasteiger partial charge in [0.15, 0.2) is 0 Å². The zero-order valence-corrected chi connectivity index (χ0v) is 11.4. The summed E-state index contributed by atoms with van der Waals surface area (Å²) in [6.07, 6.45) is 5.67. The molecule has 21 heavy (non-hydrogen) atoms. The second-order valence-electron chi connectivity index (χ2n) is 4.90. The molecule has 0 aliphatic carbocycles. The van der Waals surface area contributed by atoms with E-state index in [4.69, 9.17) is 0 Å². The monoisotopic (exact) mass is 276 g/mol. The molecule has 0 unspecified atom stereocenters. The molecule has 0 N–H and O–H groups in total. The lowest BCUT2D eigenvalue weighted by molar-refractivity contribution is 0.789. The maximum absolute atomic E-state index is 4.65. The van der Waals surface area contributed by atoms with E-state index >= 15 is 0 Å². The van der Waals surface area contributed by atoms with E-state index in [1.54, 1.807) is 11.0 Å². The lowest BCUT2D eigenvalue weighted by Gasteiger charge is -2.01. The summed E-state index contributed by atoms with van der Waals surface area (Å²) in [5.74, 6) is 0. The van der Waals surface area contributed by atoms with Crippen LogP contribution in [0.4, 0.5) is 0 Å². The predicted octanol–water partition coefficient (Wildman–Crippen LogP) is 2.29. The van der Waals surface area contributed by atoms with Crippen LogP contribution in [0, 0.1) is 6.92 Å². The van der Waals surface area contributed by atoms with Crippen LogP contribution in [-0.2, 0) is 0 Å². The third-order valence-electron chi connectivity index (χ3n) is 3.35.